The van der Waals surface area contributed by atoms with Crippen LogP contribution in [0.15, 0.2) is 30.3 Å². The second-order valence-electron chi connectivity index (χ2n) is 6.86. The summed E-state index contributed by atoms with van der Waals surface area (Å²) in [6, 6.07) is 11.1. The zero-order valence-electron chi connectivity index (χ0n) is 14.5. The van der Waals surface area contributed by atoms with Crippen molar-refractivity contribution in [3.8, 4) is 0 Å². The molecule has 0 unspecified atom stereocenters. The summed E-state index contributed by atoms with van der Waals surface area (Å²) >= 11 is 0. The van der Waals surface area contributed by atoms with Gasteiger partial charge in [0.05, 0.1) is 0 Å². The van der Waals surface area contributed by atoms with E-state index in [-0.39, 0.29) is 0 Å². The number of nitrogens with zero attached hydrogens (tertiary/aromatic N) is 3. The number of anilines is 2. The van der Waals surface area contributed by atoms with Crippen LogP contribution in [-0.4, -0.2) is 22.6 Å². The number of hydrogen-bond acceptors (Lipinski definition) is 4. The molecule has 0 spiro atoms. The van der Waals surface area contributed by atoms with Crippen molar-refractivity contribution in [1.29, 1.82) is 0 Å². The lowest BCUT2D eigenvalue weighted by molar-refractivity contribution is 0.702. The largest absolute Gasteiger partial charge is 0.368 e. The fourth-order valence-electron chi connectivity index (χ4n) is 2.93. The molecule has 122 valence electrons. The molecular formula is C19H26N4. The van der Waals surface area contributed by atoms with Crippen LogP contribution in [-0.2, 0) is 13.0 Å². The molecule has 0 fully saturated rings. The van der Waals surface area contributed by atoms with E-state index in [1.807, 2.05) is 0 Å². The first-order valence-corrected chi connectivity index (χ1v) is 8.50. The van der Waals surface area contributed by atoms with Crippen LogP contribution in [0.5, 0.6) is 0 Å². The van der Waals surface area contributed by atoms with Crippen LogP contribution < -0.4 is 10.2 Å². The van der Waals surface area contributed by atoms with E-state index in [4.69, 9.17) is 4.98 Å². The van der Waals surface area contributed by atoms with Gasteiger partial charge >= 0.3 is 0 Å². The highest BCUT2D eigenvalue weighted by atomic mass is 15.2. The summed E-state index contributed by atoms with van der Waals surface area (Å²) < 4.78 is 0. The molecule has 0 bridgehead atoms. The molecule has 1 aromatic carbocycles. The third kappa shape index (κ3) is 3.63. The fourth-order valence-corrected chi connectivity index (χ4v) is 2.93. The Bertz CT molecular complexity index is 679. The number of aromatic nitrogens is 2. The lowest BCUT2D eigenvalue weighted by Gasteiger charge is -2.30. The Morgan fingerprint density at radius 1 is 1.04 bits per heavy atom. The van der Waals surface area contributed by atoms with Gasteiger partial charge in [0.25, 0.3) is 0 Å². The second kappa shape index (κ2) is 6.57. The van der Waals surface area contributed by atoms with E-state index in [1.54, 1.807) is 0 Å². The smallest absolute Gasteiger partial charge is 0.135 e. The third-order valence-corrected chi connectivity index (χ3v) is 4.14. The lowest BCUT2D eigenvalue weighted by Crippen LogP contribution is -2.31. The average molecular weight is 310 g/mol. The molecule has 1 aromatic heterocycles. The SMILES string of the molecule is CC(C)Nc1cc(N2CCc3ccccc3C2)nc(C(C)C)n1. The van der Waals surface area contributed by atoms with Crippen LogP contribution in [0.4, 0.5) is 11.6 Å². The van der Waals surface area contributed by atoms with Gasteiger partial charge in [-0.15, -0.1) is 0 Å². The van der Waals surface area contributed by atoms with Gasteiger partial charge in [-0.3, -0.25) is 0 Å². The molecule has 0 amide bonds. The predicted octanol–water partition coefficient (Wildman–Crippen LogP) is 3.98. The quantitative estimate of drug-likeness (QED) is 0.927. The molecular weight excluding hydrogens is 284 g/mol. The molecule has 3 rings (SSSR count). The highest BCUT2D eigenvalue weighted by Gasteiger charge is 2.19. The molecule has 0 atom stereocenters. The Labute approximate surface area is 139 Å². The topological polar surface area (TPSA) is 41.0 Å². The average Bonchev–Trinajstić information content (AvgIpc) is 2.53. The molecule has 1 aliphatic heterocycles. The summed E-state index contributed by atoms with van der Waals surface area (Å²) in [4.78, 5) is 11.8. The van der Waals surface area contributed by atoms with Crippen LogP contribution in [0.1, 0.15) is 50.6 Å². The number of benzene rings is 1. The van der Waals surface area contributed by atoms with Gasteiger partial charge in [0, 0.05) is 31.1 Å². The van der Waals surface area contributed by atoms with Gasteiger partial charge in [-0.1, -0.05) is 38.1 Å². The van der Waals surface area contributed by atoms with Crippen molar-refractivity contribution in [2.24, 2.45) is 0 Å². The Kier molecular flexibility index (Phi) is 4.51. The summed E-state index contributed by atoms with van der Waals surface area (Å²) in [6.07, 6.45) is 1.07. The van der Waals surface area contributed by atoms with Crippen LogP contribution in [0.2, 0.25) is 0 Å². The van der Waals surface area contributed by atoms with E-state index in [0.29, 0.717) is 12.0 Å². The Hall–Kier alpha value is -2.10. The Morgan fingerprint density at radius 3 is 2.48 bits per heavy atom. The molecule has 0 aliphatic carbocycles. The minimum atomic E-state index is 0.319. The summed E-state index contributed by atoms with van der Waals surface area (Å²) in [5.41, 5.74) is 2.87. The molecule has 0 saturated heterocycles. The summed E-state index contributed by atoms with van der Waals surface area (Å²) in [5, 5.41) is 3.42. The maximum Gasteiger partial charge on any atom is 0.135 e. The van der Waals surface area contributed by atoms with E-state index in [1.165, 1.54) is 11.1 Å². The van der Waals surface area contributed by atoms with Crippen LogP contribution in [0, 0.1) is 0 Å². The van der Waals surface area contributed by atoms with E-state index < -0.39 is 0 Å². The van der Waals surface area contributed by atoms with E-state index in [0.717, 1.165) is 37.0 Å². The molecule has 4 heteroatoms. The van der Waals surface area contributed by atoms with Gasteiger partial charge in [-0.05, 0) is 31.4 Å². The van der Waals surface area contributed by atoms with Crippen molar-refractivity contribution in [3.05, 3.63) is 47.3 Å². The van der Waals surface area contributed by atoms with E-state index in [9.17, 15) is 0 Å². The number of fused-ring (bicyclic) bond motifs is 1. The van der Waals surface area contributed by atoms with Gasteiger partial charge in [0.1, 0.15) is 17.5 Å². The van der Waals surface area contributed by atoms with Crippen LogP contribution in [0.3, 0.4) is 0 Å². The highest BCUT2D eigenvalue weighted by Crippen LogP contribution is 2.26. The second-order valence-corrected chi connectivity index (χ2v) is 6.86. The molecule has 4 nitrogen and oxygen atoms in total. The zero-order valence-corrected chi connectivity index (χ0v) is 14.5. The number of rotatable bonds is 4. The lowest BCUT2D eigenvalue weighted by atomic mass is 10.00. The molecule has 0 saturated carbocycles. The standard InChI is InChI=1S/C19H26N4/c1-13(2)19-21-17(20-14(3)4)11-18(22-19)23-10-9-15-7-5-6-8-16(15)12-23/h5-8,11,13-14H,9-10,12H2,1-4H3,(H,20,21,22). The first-order chi connectivity index (χ1) is 11.0. The van der Waals surface area contributed by atoms with Crippen molar-refractivity contribution < 1.29 is 0 Å². The molecule has 0 radical (unpaired) electrons. The monoisotopic (exact) mass is 310 g/mol. The molecule has 23 heavy (non-hydrogen) atoms. The van der Waals surface area contributed by atoms with E-state index >= 15 is 0 Å². The van der Waals surface area contributed by atoms with Crippen molar-refractivity contribution in [3.63, 3.8) is 0 Å². The van der Waals surface area contributed by atoms with Crippen molar-refractivity contribution in [2.45, 2.75) is 52.6 Å². The predicted molar refractivity (Wildman–Crippen MR) is 96.1 cm³/mol. The first kappa shape index (κ1) is 15.8. The highest BCUT2D eigenvalue weighted by molar-refractivity contribution is 5.52. The van der Waals surface area contributed by atoms with Crippen molar-refractivity contribution in [1.82, 2.24) is 9.97 Å². The van der Waals surface area contributed by atoms with Gasteiger partial charge in [0.2, 0.25) is 0 Å². The summed E-state index contributed by atoms with van der Waals surface area (Å²) in [5.74, 6) is 3.18. The zero-order chi connectivity index (χ0) is 16.4. The third-order valence-electron chi connectivity index (χ3n) is 4.14. The Morgan fingerprint density at radius 2 is 1.78 bits per heavy atom. The van der Waals surface area contributed by atoms with Gasteiger partial charge < -0.3 is 10.2 Å². The molecule has 2 aromatic rings. The Balaban J connectivity index is 1.91. The van der Waals surface area contributed by atoms with Crippen LogP contribution in [0.25, 0.3) is 0 Å². The normalized spacial score (nSPS) is 14.3. The number of hydrogen-bond donors (Lipinski definition) is 1. The van der Waals surface area contributed by atoms with Gasteiger partial charge in [-0.25, -0.2) is 9.97 Å². The van der Waals surface area contributed by atoms with Gasteiger partial charge in [-0.2, -0.15) is 0 Å². The van der Waals surface area contributed by atoms with Crippen LogP contribution >= 0.6 is 0 Å². The molecule has 1 aliphatic rings. The van der Waals surface area contributed by atoms with Crippen molar-refractivity contribution >= 4 is 11.6 Å². The molecule has 1 N–H and O–H groups in total. The summed E-state index contributed by atoms with van der Waals surface area (Å²) in [7, 11) is 0. The number of nitrogens with one attached hydrogen (secondary N) is 1. The fraction of sp³-hybridized carbons (Fsp3) is 0.474. The van der Waals surface area contributed by atoms with Crippen molar-refractivity contribution in [2.75, 3.05) is 16.8 Å². The first-order valence-electron chi connectivity index (χ1n) is 8.50. The maximum atomic E-state index is 4.81. The summed E-state index contributed by atoms with van der Waals surface area (Å²) in [6.45, 7) is 10.5. The maximum absolute atomic E-state index is 4.81. The molecule has 2 heterocycles. The minimum Gasteiger partial charge on any atom is -0.368 e. The van der Waals surface area contributed by atoms with Gasteiger partial charge in [0.15, 0.2) is 0 Å². The van der Waals surface area contributed by atoms with E-state index in [2.05, 4.69) is 73.2 Å². The minimum absolute atomic E-state index is 0.319.